The second-order valence-corrected chi connectivity index (χ2v) is 8.93. The van der Waals surface area contributed by atoms with Crippen molar-refractivity contribution in [3.05, 3.63) is 47.0 Å². The fourth-order valence-electron chi connectivity index (χ4n) is 5.80. The maximum atomic E-state index is 5.02. The van der Waals surface area contributed by atoms with Crippen LogP contribution in [0.15, 0.2) is 35.7 Å². The maximum absolute atomic E-state index is 5.02. The Morgan fingerprint density at radius 2 is 1.62 bits per heavy atom. The smallest absolute Gasteiger partial charge is 0.183 e. The molecule has 0 saturated heterocycles. The highest BCUT2D eigenvalue weighted by molar-refractivity contribution is 7.13. The van der Waals surface area contributed by atoms with Crippen LogP contribution in [-0.2, 0) is 12.0 Å². The van der Waals surface area contributed by atoms with Crippen LogP contribution in [0.3, 0.4) is 0 Å². The Morgan fingerprint density at radius 1 is 1.00 bits per heavy atom. The van der Waals surface area contributed by atoms with Gasteiger partial charge in [-0.1, -0.05) is 30.3 Å². The first-order valence-corrected chi connectivity index (χ1v) is 9.91. The van der Waals surface area contributed by atoms with E-state index in [1.165, 1.54) is 49.8 Å². The molecule has 1 aromatic heterocycles. The van der Waals surface area contributed by atoms with Crippen LogP contribution in [0.5, 0.6) is 0 Å². The minimum absolute atomic E-state index is 0. The highest BCUT2D eigenvalue weighted by Gasteiger charge is 2.52. The molecular formula is C20H24ClN2S-. The zero-order valence-corrected chi connectivity index (χ0v) is 15.5. The number of halogens is 1. The Labute approximate surface area is 154 Å². The number of rotatable bonds is 4. The van der Waals surface area contributed by atoms with Crippen molar-refractivity contribution in [2.45, 2.75) is 50.5 Å². The zero-order chi connectivity index (χ0) is 15.3. The molecule has 1 heterocycles. The normalized spacial score (nSPS) is 33.2. The number of aromatic nitrogens is 1. The van der Waals surface area contributed by atoms with Crippen molar-refractivity contribution in [1.29, 1.82) is 0 Å². The van der Waals surface area contributed by atoms with E-state index in [1.54, 1.807) is 11.3 Å². The Bertz CT molecular complexity index is 661. The van der Waals surface area contributed by atoms with Gasteiger partial charge in [0.2, 0.25) is 0 Å². The van der Waals surface area contributed by atoms with Gasteiger partial charge in [-0.2, -0.15) is 0 Å². The summed E-state index contributed by atoms with van der Waals surface area (Å²) in [6.07, 6.45) is 8.72. The number of thiazole rings is 1. The molecule has 0 amide bonds. The summed E-state index contributed by atoms with van der Waals surface area (Å²) >= 11 is 1.80. The maximum Gasteiger partial charge on any atom is 0.183 e. The summed E-state index contributed by atoms with van der Waals surface area (Å²) < 4.78 is 0. The Morgan fingerprint density at radius 3 is 2.25 bits per heavy atom. The van der Waals surface area contributed by atoms with Gasteiger partial charge >= 0.3 is 0 Å². The van der Waals surface area contributed by atoms with Crippen molar-refractivity contribution in [3.63, 3.8) is 0 Å². The standard InChI is InChI=1S/C20H24N2S.ClH/c1-2-4-14(5-3-1)12-21-19-22-18(13-23-19)20-9-15-6-16(10-20)8-17(7-15)11-20;/h1-5,13,15-17H,6-12H2,(H,21,22);1H/p-1. The van der Waals surface area contributed by atoms with Gasteiger partial charge in [-0.15, -0.1) is 11.3 Å². The molecule has 2 aromatic rings. The summed E-state index contributed by atoms with van der Waals surface area (Å²) in [4.78, 5) is 5.02. The van der Waals surface area contributed by atoms with E-state index in [2.05, 4.69) is 41.0 Å². The number of hydrogen-bond donors (Lipinski definition) is 1. The first kappa shape index (κ1) is 16.4. The summed E-state index contributed by atoms with van der Waals surface area (Å²) in [6, 6.07) is 10.6. The van der Waals surface area contributed by atoms with Gasteiger partial charge in [0.15, 0.2) is 5.13 Å². The van der Waals surface area contributed by atoms with Gasteiger partial charge in [0.05, 0.1) is 5.69 Å². The summed E-state index contributed by atoms with van der Waals surface area (Å²) in [6.45, 7) is 0.870. The summed E-state index contributed by atoms with van der Waals surface area (Å²) in [5, 5.41) is 6.97. The molecule has 6 rings (SSSR count). The van der Waals surface area contributed by atoms with Crippen LogP contribution in [0.4, 0.5) is 5.13 Å². The SMILES string of the molecule is [Cl-].c1ccc(CNc2nc(C34CC5CC(CC(C5)C3)C4)cs2)cc1. The molecule has 4 aliphatic rings. The largest absolute Gasteiger partial charge is 1.00 e. The number of benzene rings is 1. The summed E-state index contributed by atoms with van der Waals surface area (Å²) in [5.41, 5.74) is 3.15. The first-order valence-electron chi connectivity index (χ1n) is 9.03. The Kier molecular flexibility index (Phi) is 4.34. The van der Waals surface area contributed by atoms with Crippen LogP contribution in [0, 0.1) is 17.8 Å². The fraction of sp³-hybridized carbons (Fsp3) is 0.550. The van der Waals surface area contributed by atoms with Crippen molar-refractivity contribution in [3.8, 4) is 0 Å². The van der Waals surface area contributed by atoms with Crippen LogP contribution in [0.2, 0.25) is 0 Å². The van der Waals surface area contributed by atoms with E-state index >= 15 is 0 Å². The molecule has 0 unspecified atom stereocenters. The Balaban J connectivity index is 0.00000146. The molecule has 4 aliphatic carbocycles. The average Bonchev–Trinajstić information content (AvgIpc) is 3.02. The molecule has 4 fully saturated rings. The molecule has 1 N–H and O–H groups in total. The molecule has 0 aliphatic heterocycles. The van der Waals surface area contributed by atoms with Gasteiger partial charge in [0.25, 0.3) is 0 Å². The lowest BCUT2D eigenvalue weighted by Crippen LogP contribution is -3.00. The topological polar surface area (TPSA) is 24.9 Å². The molecule has 4 heteroatoms. The van der Waals surface area contributed by atoms with E-state index in [0.29, 0.717) is 5.41 Å². The van der Waals surface area contributed by atoms with E-state index < -0.39 is 0 Å². The number of nitrogens with one attached hydrogen (secondary N) is 1. The van der Waals surface area contributed by atoms with Gasteiger partial charge < -0.3 is 17.7 Å². The van der Waals surface area contributed by atoms with E-state index in [0.717, 1.165) is 29.4 Å². The van der Waals surface area contributed by atoms with Crippen LogP contribution in [-0.4, -0.2) is 4.98 Å². The van der Waals surface area contributed by atoms with Gasteiger partial charge in [0.1, 0.15) is 0 Å². The zero-order valence-electron chi connectivity index (χ0n) is 13.9. The third-order valence-electron chi connectivity index (χ3n) is 6.37. The van der Waals surface area contributed by atoms with Crippen molar-refractivity contribution in [2.24, 2.45) is 17.8 Å². The molecule has 4 bridgehead atoms. The van der Waals surface area contributed by atoms with Crippen molar-refractivity contribution in [1.82, 2.24) is 4.98 Å². The molecule has 0 radical (unpaired) electrons. The molecular weight excluding hydrogens is 336 g/mol. The van der Waals surface area contributed by atoms with Crippen LogP contribution in [0.25, 0.3) is 0 Å². The van der Waals surface area contributed by atoms with Crippen LogP contribution in [0.1, 0.15) is 49.8 Å². The van der Waals surface area contributed by atoms with Gasteiger partial charge in [0, 0.05) is 17.3 Å². The van der Waals surface area contributed by atoms with Crippen molar-refractivity contribution >= 4 is 16.5 Å². The lowest BCUT2D eigenvalue weighted by molar-refractivity contribution is -0.00690. The third-order valence-corrected chi connectivity index (χ3v) is 7.17. The van der Waals surface area contributed by atoms with Crippen LogP contribution < -0.4 is 17.7 Å². The van der Waals surface area contributed by atoms with E-state index in [4.69, 9.17) is 4.98 Å². The molecule has 1 aromatic carbocycles. The number of nitrogens with zero attached hydrogens (tertiary/aromatic N) is 1. The van der Waals surface area contributed by atoms with Gasteiger partial charge in [-0.3, -0.25) is 0 Å². The molecule has 128 valence electrons. The van der Waals surface area contributed by atoms with E-state index in [9.17, 15) is 0 Å². The minimum atomic E-state index is 0. The van der Waals surface area contributed by atoms with Crippen LogP contribution >= 0.6 is 11.3 Å². The summed E-state index contributed by atoms with van der Waals surface area (Å²) in [7, 11) is 0. The third kappa shape index (κ3) is 2.86. The molecule has 4 saturated carbocycles. The predicted octanol–water partition coefficient (Wildman–Crippen LogP) is 2.23. The highest BCUT2D eigenvalue weighted by atomic mass is 35.5. The number of hydrogen-bond acceptors (Lipinski definition) is 3. The van der Waals surface area contributed by atoms with Gasteiger partial charge in [-0.05, 0) is 61.8 Å². The van der Waals surface area contributed by atoms with Crippen molar-refractivity contribution < 1.29 is 12.4 Å². The monoisotopic (exact) mass is 359 g/mol. The quantitative estimate of drug-likeness (QED) is 0.905. The fourth-order valence-corrected chi connectivity index (χ4v) is 6.63. The van der Waals surface area contributed by atoms with E-state index in [-0.39, 0.29) is 12.4 Å². The second-order valence-electron chi connectivity index (χ2n) is 8.07. The first-order chi connectivity index (χ1) is 11.3. The number of anilines is 1. The van der Waals surface area contributed by atoms with Crippen molar-refractivity contribution in [2.75, 3.05) is 5.32 Å². The lowest BCUT2D eigenvalue weighted by atomic mass is 9.49. The molecule has 24 heavy (non-hydrogen) atoms. The molecule has 2 nitrogen and oxygen atoms in total. The molecule has 0 spiro atoms. The highest BCUT2D eigenvalue weighted by Crippen LogP contribution is 2.60. The summed E-state index contributed by atoms with van der Waals surface area (Å²) in [5.74, 6) is 2.97. The van der Waals surface area contributed by atoms with E-state index in [1.807, 2.05) is 0 Å². The lowest BCUT2D eigenvalue weighted by Gasteiger charge is -2.56. The average molecular weight is 360 g/mol. The minimum Gasteiger partial charge on any atom is -1.00 e. The Hall–Kier alpha value is -1.06. The molecule has 0 atom stereocenters. The van der Waals surface area contributed by atoms with Gasteiger partial charge in [-0.25, -0.2) is 4.98 Å². The predicted molar refractivity (Wildman–Crippen MR) is 95.7 cm³/mol. The second kappa shape index (κ2) is 6.34.